The van der Waals surface area contributed by atoms with Gasteiger partial charge in [0.1, 0.15) is 5.82 Å². The van der Waals surface area contributed by atoms with Gasteiger partial charge in [0.05, 0.1) is 10.5 Å². The highest BCUT2D eigenvalue weighted by molar-refractivity contribution is 5.97. The Kier molecular flexibility index (Phi) is 5.43. The number of nitrogens with zero attached hydrogens (tertiary/aromatic N) is 1. The molecule has 0 saturated carbocycles. The monoisotopic (exact) mass is 346 g/mol. The molecule has 2 aromatic rings. The van der Waals surface area contributed by atoms with E-state index in [1.165, 1.54) is 31.2 Å². The Morgan fingerprint density at radius 3 is 2.40 bits per heavy atom. The summed E-state index contributed by atoms with van der Waals surface area (Å²) in [5.41, 5.74) is 0.595. The molecule has 0 spiro atoms. The Morgan fingerprint density at radius 2 is 1.84 bits per heavy atom. The Labute approximate surface area is 142 Å². The smallest absolute Gasteiger partial charge is 0.338 e. The fourth-order valence-corrected chi connectivity index (χ4v) is 1.92. The summed E-state index contributed by atoms with van der Waals surface area (Å²) in [6, 6.07) is 9.01. The van der Waals surface area contributed by atoms with Crippen molar-refractivity contribution in [2.24, 2.45) is 0 Å². The molecule has 0 bridgehead atoms. The van der Waals surface area contributed by atoms with E-state index in [1.54, 1.807) is 6.92 Å². The van der Waals surface area contributed by atoms with E-state index in [2.05, 4.69) is 5.32 Å². The molecule has 0 aliphatic heterocycles. The second kappa shape index (κ2) is 7.52. The van der Waals surface area contributed by atoms with E-state index in [0.29, 0.717) is 5.56 Å². The van der Waals surface area contributed by atoms with Crippen LogP contribution in [0.25, 0.3) is 0 Å². The molecule has 0 aromatic heterocycles. The van der Waals surface area contributed by atoms with Crippen LogP contribution in [0.4, 0.5) is 15.8 Å². The van der Waals surface area contributed by atoms with Gasteiger partial charge in [-0.1, -0.05) is 6.07 Å². The lowest BCUT2D eigenvalue weighted by molar-refractivity contribution is -0.384. The molecule has 1 unspecified atom stereocenters. The van der Waals surface area contributed by atoms with Crippen molar-refractivity contribution in [3.63, 3.8) is 0 Å². The molecule has 0 heterocycles. The van der Waals surface area contributed by atoms with Gasteiger partial charge in [-0.05, 0) is 43.7 Å². The molecule has 2 rings (SSSR count). The summed E-state index contributed by atoms with van der Waals surface area (Å²) < 4.78 is 18.5. The molecule has 1 amide bonds. The van der Waals surface area contributed by atoms with Crippen LogP contribution in [-0.4, -0.2) is 22.9 Å². The van der Waals surface area contributed by atoms with Crippen LogP contribution in [0.5, 0.6) is 0 Å². The zero-order chi connectivity index (χ0) is 18.6. The predicted molar refractivity (Wildman–Crippen MR) is 87.7 cm³/mol. The highest BCUT2D eigenvalue weighted by Gasteiger charge is 2.20. The molecule has 0 saturated heterocycles. The number of benzene rings is 2. The minimum atomic E-state index is -1.13. The Balaban J connectivity index is 1.98. The second-order valence-corrected chi connectivity index (χ2v) is 5.30. The fraction of sp³-hybridized carbons (Fsp3) is 0.176. The maximum atomic E-state index is 13.5. The number of halogens is 1. The number of hydrogen-bond acceptors (Lipinski definition) is 5. The highest BCUT2D eigenvalue weighted by Crippen LogP contribution is 2.15. The van der Waals surface area contributed by atoms with E-state index in [0.717, 1.165) is 18.2 Å². The molecular weight excluding hydrogens is 331 g/mol. The maximum absolute atomic E-state index is 13.5. The number of nitro benzene ring substituents is 1. The molecule has 1 N–H and O–H groups in total. The van der Waals surface area contributed by atoms with Crippen LogP contribution >= 0.6 is 0 Å². The lowest BCUT2D eigenvalue weighted by Gasteiger charge is -2.14. The molecule has 7 nitrogen and oxygen atoms in total. The van der Waals surface area contributed by atoms with E-state index in [1.807, 2.05) is 0 Å². The van der Waals surface area contributed by atoms with Crippen LogP contribution in [0, 0.1) is 22.9 Å². The quantitative estimate of drug-likeness (QED) is 0.509. The first kappa shape index (κ1) is 18.1. The third kappa shape index (κ3) is 4.60. The summed E-state index contributed by atoms with van der Waals surface area (Å²) in [7, 11) is 0. The van der Waals surface area contributed by atoms with Gasteiger partial charge in [-0.25, -0.2) is 9.18 Å². The van der Waals surface area contributed by atoms with Crippen LogP contribution < -0.4 is 5.32 Å². The van der Waals surface area contributed by atoms with Gasteiger partial charge in [-0.2, -0.15) is 0 Å². The van der Waals surface area contributed by atoms with Gasteiger partial charge < -0.3 is 10.1 Å². The third-order valence-electron chi connectivity index (χ3n) is 3.41. The topological polar surface area (TPSA) is 98.5 Å². The number of non-ortho nitro benzene ring substituents is 1. The average Bonchev–Trinajstić information content (AvgIpc) is 2.58. The van der Waals surface area contributed by atoms with Crippen LogP contribution in [0.15, 0.2) is 42.5 Å². The van der Waals surface area contributed by atoms with Gasteiger partial charge in [0.2, 0.25) is 0 Å². The standard InChI is InChI=1S/C17H15FN2O5/c1-10-3-6-13(9-15(10)18)19-16(21)11(2)25-17(22)12-4-7-14(8-5-12)20(23)24/h3-9,11H,1-2H3,(H,19,21). The van der Waals surface area contributed by atoms with E-state index < -0.39 is 28.7 Å². The highest BCUT2D eigenvalue weighted by atomic mass is 19.1. The molecule has 1 atom stereocenters. The number of carbonyl (C=O) groups excluding carboxylic acids is 2. The van der Waals surface area contributed by atoms with Crippen LogP contribution in [0.3, 0.4) is 0 Å². The van der Waals surface area contributed by atoms with E-state index in [-0.39, 0.29) is 16.9 Å². The van der Waals surface area contributed by atoms with Crippen molar-refractivity contribution in [3.05, 3.63) is 69.5 Å². The molecule has 0 fully saturated rings. The minimum Gasteiger partial charge on any atom is -0.449 e. The molecule has 0 radical (unpaired) electrons. The minimum absolute atomic E-state index is 0.0756. The number of ether oxygens (including phenoxy) is 1. The normalized spacial score (nSPS) is 11.5. The number of nitrogens with one attached hydrogen (secondary N) is 1. The van der Waals surface area contributed by atoms with Crippen molar-refractivity contribution < 1.29 is 23.6 Å². The summed E-state index contributed by atoms with van der Waals surface area (Å²) in [4.78, 5) is 34.0. The SMILES string of the molecule is Cc1ccc(NC(=O)C(C)OC(=O)c2ccc([N+](=O)[O-])cc2)cc1F. The zero-order valence-corrected chi connectivity index (χ0v) is 13.5. The number of aryl methyl sites for hydroxylation is 1. The molecule has 0 aliphatic carbocycles. The van der Waals surface area contributed by atoms with Crippen LogP contribution in [-0.2, 0) is 9.53 Å². The van der Waals surface area contributed by atoms with E-state index in [4.69, 9.17) is 4.74 Å². The summed E-state index contributed by atoms with van der Waals surface area (Å²) >= 11 is 0. The van der Waals surface area contributed by atoms with Crippen LogP contribution in [0.2, 0.25) is 0 Å². The lowest BCUT2D eigenvalue weighted by Crippen LogP contribution is -2.30. The van der Waals surface area contributed by atoms with E-state index in [9.17, 15) is 24.1 Å². The van der Waals surface area contributed by atoms with Crippen LogP contribution in [0.1, 0.15) is 22.8 Å². The number of hydrogen-bond donors (Lipinski definition) is 1. The van der Waals surface area contributed by atoms with Gasteiger partial charge in [-0.3, -0.25) is 14.9 Å². The fourth-order valence-electron chi connectivity index (χ4n) is 1.92. The van der Waals surface area contributed by atoms with Crippen molar-refractivity contribution in [1.29, 1.82) is 0 Å². The second-order valence-electron chi connectivity index (χ2n) is 5.30. The Bertz CT molecular complexity index is 820. The van der Waals surface area contributed by atoms with Gasteiger partial charge >= 0.3 is 5.97 Å². The summed E-state index contributed by atoms with van der Waals surface area (Å²) in [5.74, 6) is -1.89. The van der Waals surface area contributed by atoms with Crippen molar-refractivity contribution in [1.82, 2.24) is 0 Å². The van der Waals surface area contributed by atoms with Gasteiger partial charge in [0, 0.05) is 17.8 Å². The molecule has 2 aromatic carbocycles. The molecular formula is C17H15FN2O5. The zero-order valence-electron chi connectivity index (χ0n) is 13.5. The number of esters is 1. The Hall–Kier alpha value is -3.29. The first-order valence-electron chi connectivity index (χ1n) is 7.30. The van der Waals surface area contributed by atoms with Crippen molar-refractivity contribution in [2.45, 2.75) is 20.0 Å². The van der Waals surface area contributed by atoms with E-state index >= 15 is 0 Å². The summed E-state index contributed by atoms with van der Waals surface area (Å²) in [5, 5.41) is 13.0. The maximum Gasteiger partial charge on any atom is 0.338 e. The first-order chi connectivity index (χ1) is 11.8. The summed E-state index contributed by atoms with van der Waals surface area (Å²) in [6.45, 7) is 2.96. The predicted octanol–water partition coefficient (Wildman–Crippen LogP) is 3.23. The number of amides is 1. The van der Waals surface area contributed by atoms with Crippen molar-refractivity contribution >= 4 is 23.3 Å². The Morgan fingerprint density at radius 1 is 1.20 bits per heavy atom. The summed E-state index contributed by atoms with van der Waals surface area (Å²) in [6.07, 6.45) is -1.13. The average molecular weight is 346 g/mol. The van der Waals surface area contributed by atoms with Crippen molar-refractivity contribution in [3.8, 4) is 0 Å². The molecule has 130 valence electrons. The number of carbonyl (C=O) groups is 2. The molecule has 8 heteroatoms. The van der Waals surface area contributed by atoms with Crippen molar-refractivity contribution in [2.75, 3.05) is 5.32 Å². The lowest BCUT2D eigenvalue weighted by atomic mass is 10.2. The van der Waals surface area contributed by atoms with Gasteiger partial charge in [0.25, 0.3) is 11.6 Å². The van der Waals surface area contributed by atoms with Gasteiger partial charge in [0.15, 0.2) is 6.10 Å². The number of nitro groups is 1. The largest absolute Gasteiger partial charge is 0.449 e. The first-order valence-corrected chi connectivity index (χ1v) is 7.30. The molecule has 25 heavy (non-hydrogen) atoms. The van der Waals surface area contributed by atoms with Gasteiger partial charge in [-0.15, -0.1) is 0 Å². The third-order valence-corrected chi connectivity index (χ3v) is 3.41. The number of anilines is 1. The number of rotatable bonds is 5. The molecule has 0 aliphatic rings.